The Morgan fingerprint density at radius 2 is 1.71 bits per heavy atom. The van der Waals surface area contributed by atoms with Crippen LogP contribution in [0.3, 0.4) is 0 Å². The lowest BCUT2D eigenvalue weighted by Gasteiger charge is -2.12. The van der Waals surface area contributed by atoms with E-state index in [2.05, 4.69) is 4.99 Å². The smallest absolute Gasteiger partial charge is 0.353 e. The Labute approximate surface area is 103 Å². The van der Waals surface area contributed by atoms with Gasteiger partial charge in [-0.15, -0.1) is 0 Å². The van der Waals surface area contributed by atoms with E-state index < -0.39 is 0 Å². The van der Waals surface area contributed by atoms with Crippen LogP contribution in [-0.4, -0.2) is 17.8 Å². The van der Waals surface area contributed by atoms with Crippen molar-refractivity contribution in [3.8, 4) is 0 Å². The summed E-state index contributed by atoms with van der Waals surface area (Å²) in [5.41, 5.74) is 1.24. The number of aliphatic imine (C=N–C) groups is 1. The zero-order valence-electron chi connectivity index (χ0n) is 10.8. The number of ether oxygens (including phenoxy) is 1. The first-order chi connectivity index (χ1) is 8.00. The van der Waals surface area contributed by atoms with Gasteiger partial charge in [0, 0.05) is 5.92 Å². The van der Waals surface area contributed by atoms with Crippen molar-refractivity contribution in [2.45, 2.75) is 33.8 Å². The van der Waals surface area contributed by atoms with E-state index in [1.807, 2.05) is 58.0 Å². The van der Waals surface area contributed by atoms with Crippen LogP contribution in [0.5, 0.6) is 0 Å². The summed E-state index contributed by atoms with van der Waals surface area (Å²) in [6.45, 7) is 7.53. The van der Waals surface area contributed by atoms with Crippen LogP contribution in [0.2, 0.25) is 0 Å². The molecule has 17 heavy (non-hydrogen) atoms. The molecule has 0 N–H and O–H groups in total. The van der Waals surface area contributed by atoms with Crippen LogP contribution in [-0.2, 0) is 9.53 Å². The molecule has 0 aliphatic carbocycles. The number of para-hydroxylation sites is 1. The fourth-order valence-electron chi connectivity index (χ4n) is 1.33. The molecule has 0 radical (unpaired) electrons. The van der Waals surface area contributed by atoms with Crippen molar-refractivity contribution in [3.63, 3.8) is 0 Å². The second-order valence-electron chi connectivity index (χ2n) is 4.44. The molecule has 3 heteroatoms. The highest BCUT2D eigenvalue weighted by molar-refractivity contribution is 6.37. The Bertz CT molecular complexity index is 394. The number of nitrogens with zero attached hydrogens (tertiary/aromatic N) is 1. The zero-order chi connectivity index (χ0) is 12.8. The summed E-state index contributed by atoms with van der Waals surface area (Å²) in [5.74, 6) is -0.291. The molecule has 0 unspecified atom stereocenters. The predicted molar refractivity (Wildman–Crippen MR) is 69.6 cm³/mol. The van der Waals surface area contributed by atoms with Gasteiger partial charge in [0.1, 0.15) is 5.71 Å². The summed E-state index contributed by atoms with van der Waals surface area (Å²) < 4.78 is 5.18. The largest absolute Gasteiger partial charge is 0.458 e. The molecule has 0 heterocycles. The molecular weight excluding hydrogens is 214 g/mol. The molecule has 0 saturated heterocycles. The molecule has 0 saturated carbocycles. The zero-order valence-corrected chi connectivity index (χ0v) is 10.8. The summed E-state index contributed by atoms with van der Waals surface area (Å²) in [7, 11) is 0. The Hall–Kier alpha value is -1.64. The van der Waals surface area contributed by atoms with E-state index >= 15 is 0 Å². The maximum absolute atomic E-state index is 11.8. The maximum atomic E-state index is 11.8. The molecule has 0 aliphatic rings. The van der Waals surface area contributed by atoms with Crippen LogP contribution in [0.1, 0.15) is 27.7 Å². The van der Waals surface area contributed by atoms with Gasteiger partial charge in [-0.1, -0.05) is 32.0 Å². The van der Waals surface area contributed by atoms with E-state index in [1.54, 1.807) is 0 Å². The molecule has 0 amide bonds. The van der Waals surface area contributed by atoms with Gasteiger partial charge in [0.15, 0.2) is 0 Å². The second-order valence-corrected chi connectivity index (χ2v) is 4.44. The van der Waals surface area contributed by atoms with Crippen molar-refractivity contribution in [1.29, 1.82) is 0 Å². The molecule has 0 fully saturated rings. The Morgan fingerprint density at radius 1 is 1.12 bits per heavy atom. The molecule has 3 nitrogen and oxygen atoms in total. The summed E-state index contributed by atoms with van der Waals surface area (Å²) in [4.78, 5) is 16.2. The third kappa shape index (κ3) is 4.39. The van der Waals surface area contributed by atoms with Crippen molar-refractivity contribution in [2.24, 2.45) is 10.9 Å². The van der Waals surface area contributed by atoms with Crippen LogP contribution < -0.4 is 0 Å². The molecule has 0 aliphatic heterocycles. The second kappa shape index (κ2) is 6.18. The highest BCUT2D eigenvalue weighted by atomic mass is 16.5. The van der Waals surface area contributed by atoms with Gasteiger partial charge in [-0.05, 0) is 26.0 Å². The lowest BCUT2D eigenvalue weighted by molar-refractivity contribution is -0.139. The fourth-order valence-corrected chi connectivity index (χ4v) is 1.33. The standard InChI is InChI=1S/C14H19NO2/c1-10(2)13(14(16)17-11(3)4)15-12-8-6-5-7-9-12/h5-11H,1-4H3. The Morgan fingerprint density at radius 3 is 2.18 bits per heavy atom. The van der Waals surface area contributed by atoms with Crippen LogP contribution >= 0.6 is 0 Å². The molecule has 1 rings (SSSR count). The highest BCUT2D eigenvalue weighted by Gasteiger charge is 2.18. The van der Waals surface area contributed by atoms with Crippen molar-refractivity contribution in [2.75, 3.05) is 0 Å². The third-order valence-corrected chi connectivity index (χ3v) is 2.10. The van der Waals surface area contributed by atoms with Crippen molar-refractivity contribution < 1.29 is 9.53 Å². The van der Waals surface area contributed by atoms with E-state index in [0.29, 0.717) is 5.71 Å². The number of esters is 1. The first kappa shape index (κ1) is 13.4. The molecule has 92 valence electrons. The predicted octanol–water partition coefficient (Wildman–Crippen LogP) is 3.37. The van der Waals surface area contributed by atoms with Crippen LogP contribution in [0.15, 0.2) is 35.3 Å². The minimum absolute atomic E-state index is 0.0430. The number of hydrogen-bond acceptors (Lipinski definition) is 3. The number of benzene rings is 1. The van der Waals surface area contributed by atoms with Crippen LogP contribution in [0, 0.1) is 5.92 Å². The molecule has 0 aromatic heterocycles. The molecule has 0 bridgehead atoms. The van der Waals surface area contributed by atoms with E-state index in [4.69, 9.17) is 4.74 Å². The summed E-state index contributed by atoms with van der Waals surface area (Å²) >= 11 is 0. The highest BCUT2D eigenvalue weighted by Crippen LogP contribution is 2.14. The van der Waals surface area contributed by atoms with Gasteiger partial charge < -0.3 is 4.74 Å². The van der Waals surface area contributed by atoms with E-state index in [9.17, 15) is 4.79 Å². The summed E-state index contributed by atoms with van der Waals surface area (Å²) in [6.07, 6.45) is -0.123. The van der Waals surface area contributed by atoms with Gasteiger partial charge in [0.2, 0.25) is 0 Å². The lowest BCUT2D eigenvalue weighted by Crippen LogP contribution is -2.25. The van der Waals surface area contributed by atoms with E-state index in [1.165, 1.54) is 0 Å². The van der Waals surface area contributed by atoms with Crippen molar-refractivity contribution in [3.05, 3.63) is 30.3 Å². The van der Waals surface area contributed by atoms with Gasteiger partial charge in [-0.2, -0.15) is 0 Å². The first-order valence-corrected chi connectivity index (χ1v) is 5.85. The van der Waals surface area contributed by atoms with Gasteiger partial charge >= 0.3 is 5.97 Å². The number of carbonyl (C=O) groups excluding carboxylic acids is 1. The average Bonchev–Trinajstić information content (AvgIpc) is 2.25. The summed E-state index contributed by atoms with van der Waals surface area (Å²) in [5, 5.41) is 0. The van der Waals surface area contributed by atoms with Crippen molar-refractivity contribution >= 4 is 17.4 Å². The lowest BCUT2D eigenvalue weighted by atomic mass is 10.1. The minimum atomic E-state index is -0.334. The van der Waals surface area contributed by atoms with Gasteiger partial charge in [-0.25, -0.2) is 9.79 Å². The van der Waals surface area contributed by atoms with Crippen molar-refractivity contribution in [1.82, 2.24) is 0 Å². The van der Waals surface area contributed by atoms with Gasteiger partial charge in [0.05, 0.1) is 11.8 Å². The Kier molecular flexibility index (Phi) is 4.88. The number of rotatable bonds is 4. The number of carbonyl (C=O) groups is 1. The molecule has 1 aromatic rings. The van der Waals surface area contributed by atoms with Gasteiger partial charge in [-0.3, -0.25) is 0 Å². The van der Waals surface area contributed by atoms with E-state index in [-0.39, 0.29) is 18.0 Å². The third-order valence-electron chi connectivity index (χ3n) is 2.10. The number of hydrogen-bond donors (Lipinski definition) is 0. The Balaban J connectivity index is 2.94. The average molecular weight is 233 g/mol. The van der Waals surface area contributed by atoms with Crippen LogP contribution in [0.4, 0.5) is 5.69 Å². The molecular formula is C14H19NO2. The summed E-state index contributed by atoms with van der Waals surface area (Å²) in [6, 6.07) is 9.44. The maximum Gasteiger partial charge on any atom is 0.353 e. The van der Waals surface area contributed by atoms with E-state index in [0.717, 1.165) is 5.69 Å². The van der Waals surface area contributed by atoms with Gasteiger partial charge in [0.25, 0.3) is 0 Å². The topological polar surface area (TPSA) is 38.7 Å². The monoisotopic (exact) mass is 233 g/mol. The fraction of sp³-hybridized carbons (Fsp3) is 0.429. The molecule has 0 spiro atoms. The first-order valence-electron chi connectivity index (χ1n) is 5.85. The quantitative estimate of drug-likeness (QED) is 0.590. The molecule has 1 aromatic carbocycles. The minimum Gasteiger partial charge on any atom is -0.458 e. The normalized spacial score (nSPS) is 12.0. The SMILES string of the molecule is CC(C)OC(=O)C(=Nc1ccccc1)C(C)C. The van der Waals surface area contributed by atoms with Crippen LogP contribution in [0.25, 0.3) is 0 Å². The molecule has 0 atom stereocenters.